The molecule has 0 aliphatic heterocycles. The maximum atomic E-state index is 13.0. The van der Waals surface area contributed by atoms with E-state index in [9.17, 15) is 26.3 Å². The summed E-state index contributed by atoms with van der Waals surface area (Å²) in [4.78, 5) is 0. The molecular weight excluding hydrogens is 362 g/mol. The topological polar surface area (TPSA) is 27.1 Å². The third-order valence-electron chi connectivity index (χ3n) is 2.82. The van der Waals surface area contributed by atoms with Crippen molar-refractivity contribution in [3.8, 4) is 23.9 Å². The highest BCUT2D eigenvalue weighted by molar-refractivity contribution is 6.32. The highest BCUT2D eigenvalue weighted by atomic mass is 35.5. The summed E-state index contributed by atoms with van der Waals surface area (Å²) < 4.78 is 82.7. The van der Waals surface area contributed by atoms with Gasteiger partial charge in [0.05, 0.1) is 22.5 Å². The minimum Gasteiger partial charge on any atom is -0.464 e. The van der Waals surface area contributed by atoms with Gasteiger partial charge in [0.2, 0.25) is 5.88 Å². The second-order valence-electron chi connectivity index (χ2n) is 4.43. The highest BCUT2D eigenvalue weighted by Gasteiger charge is 2.38. The van der Waals surface area contributed by atoms with Gasteiger partial charge in [0.15, 0.2) is 6.61 Å². The van der Waals surface area contributed by atoms with Gasteiger partial charge in [-0.3, -0.25) is 0 Å². The number of halogens is 7. The van der Waals surface area contributed by atoms with E-state index in [2.05, 4.69) is 5.10 Å². The molecule has 0 aliphatic rings. The number of ether oxygens (including phenoxy) is 1. The molecule has 0 N–H and O–H groups in total. The van der Waals surface area contributed by atoms with E-state index in [0.717, 1.165) is 6.07 Å². The molecule has 10 heteroatoms. The molecule has 0 saturated carbocycles. The van der Waals surface area contributed by atoms with Crippen LogP contribution in [0.1, 0.15) is 11.1 Å². The van der Waals surface area contributed by atoms with Gasteiger partial charge in [0, 0.05) is 0 Å². The Bertz CT molecular complexity index is 788. The van der Waals surface area contributed by atoms with Gasteiger partial charge in [-0.1, -0.05) is 17.5 Å². The first-order valence-electron chi connectivity index (χ1n) is 6.14. The van der Waals surface area contributed by atoms with Crippen LogP contribution in [0.25, 0.3) is 5.69 Å². The van der Waals surface area contributed by atoms with Crippen LogP contribution in [0.2, 0.25) is 5.02 Å². The molecule has 3 nitrogen and oxygen atoms in total. The second kappa shape index (κ2) is 6.28. The molecular formula is C14H7ClF6N2O. The zero-order valence-electron chi connectivity index (χ0n) is 11.5. The smallest absolute Gasteiger partial charge is 0.423 e. The average Bonchev–Trinajstić information content (AvgIpc) is 2.88. The molecule has 0 saturated heterocycles. The molecule has 0 aliphatic carbocycles. The van der Waals surface area contributed by atoms with E-state index in [0.29, 0.717) is 23.0 Å². The van der Waals surface area contributed by atoms with Gasteiger partial charge in [-0.2, -0.15) is 36.1 Å². The van der Waals surface area contributed by atoms with E-state index in [1.54, 1.807) is 0 Å². The fourth-order valence-corrected chi connectivity index (χ4v) is 2.00. The molecule has 0 amide bonds. The van der Waals surface area contributed by atoms with Crippen molar-refractivity contribution in [2.24, 2.45) is 0 Å². The Morgan fingerprint density at radius 2 is 1.83 bits per heavy atom. The molecule has 1 aromatic carbocycles. The second-order valence-corrected chi connectivity index (χ2v) is 4.84. The van der Waals surface area contributed by atoms with Crippen LogP contribution in [-0.4, -0.2) is 16.4 Å². The number of hydrogen-bond donors (Lipinski definition) is 0. The minimum absolute atomic E-state index is 0.245. The standard InChI is InChI=1S/C14H7ClF6N2O/c1-2-5-24-12-9(14(19,20)21)7-22-23(12)11-6-8(13(16,17)18)3-4-10(11)15/h1,3-4,6-7H,5H2. The van der Waals surface area contributed by atoms with Crippen LogP contribution in [0.3, 0.4) is 0 Å². The van der Waals surface area contributed by atoms with E-state index < -0.39 is 41.7 Å². The molecule has 2 aromatic rings. The molecule has 2 rings (SSSR count). The van der Waals surface area contributed by atoms with Crippen molar-refractivity contribution in [3.05, 3.63) is 40.5 Å². The molecule has 24 heavy (non-hydrogen) atoms. The molecule has 1 heterocycles. The Hall–Kier alpha value is -2.34. The third kappa shape index (κ3) is 3.59. The first-order chi connectivity index (χ1) is 11.1. The predicted octanol–water partition coefficient (Wildman–Crippen LogP) is 4.58. The van der Waals surface area contributed by atoms with E-state index in [4.69, 9.17) is 22.8 Å². The van der Waals surface area contributed by atoms with Crippen molar-refractivity contribution >= 4 is 11.6 Å². The molecule has 128 valence electrons. The first-order valence-corrected chi connectivity index (χ1v) is 6.52. The van der Waals surface area contributed by atoms with E-state index in [-0.39, 0.29) is 5.02 Å². The van der Waals surface area contributed by atoms with Gasteiger partial charge >= 0.3 is 12.4 Å². The van der Waals surface area contributed by atoms with E-state index >= 15 is 0 Å². The van der Waals surface area contributed by atoms with Crippen molar-refractivity contribution in [2.75, 3.05) is 6.61 Å². The lowest BCUT2D eigenvalue weighted by atomic mass is 10.2. The number of rotatable bonds is 3. The Balaban J connectivity index is 2.65. The van der Waals surface area contributed by atoms with Gasteiger partial charge in [-0.25, -0.2) is 0 Å². The number of hydrogen-bond acceptors (Lipinski definition) is 2. The number of aromatic nitrogens is 2. The SMILES string of the molecule is C#CCOc1c(C(F)(F)F)cnn1-c1cc(C(F)(F)F)ccc1Cl. The summed E-state index contributed by atoms with van der Waals surface area (Å²) in [5.74, 6) is 1.12. The summed E-state index contributed by atoms with van der Waals surface area (Å²) in [6.07, 6.45) is -4.18. The Morgan fingerprint density at radius 1 is 1.17 bits per heavy atom. The van der Waals surface area contributed by atoms with Gasteiger partial charge < -0.3 is 4.74 Å². The quantitative estimate of drug-likeness (QED) is 0.586. The fraction of sp³-hybridized carbons (Fsp3) is 0.214. The van der Waals surface area contributed by atoms with Crippen LogP contribution in [0, 0.1) is 12.3 Å². The van der Waals surface area contributed by atoms with Crippen molar-refractivity contribution < 1.29 is 31.1 Å². The van der Waals surface area contributed by atoms with Crippen molar-refractivity contribution in [1.29, 1.82) is 0 Å². The molecule has 0 fully saturated rings. The molecule has 1 aromatic heterocycles. The van der Waals surface area contributed by atoms with Crippen molar-refractivity contribution in [2.45, 2.75) is 12.4 Å². The predicted molar refractivity (Wildman–Crippen MR) is 72.9 cm³/mol. The summed E-state index contributed by atoms with van der Waals surface area (Å²) >= 11 is 5.81. The largest absolute Gasteiger partial charge is 0.464 e. The van der Waals surface area contributed by atoms with Crippen molar-refractivity contribution in [3.63, 3.8) is 0 Å². The Morgan fingerprint density at radius 3 is 2.38 bits per heavy atom. The average molecular weight is 369 g/mol. The van der Waals surface area contributed by atoms with Crippen LogP contribution in [0.5, 0.6) is 5.88 Å². The number of alkyl halides is 6. The molecule has 0 spiro atoms. The van der Waals surface area contributed by atoms with Crippen LogP contribution < -0.4 is 4.74 Å². The molecule has 0 atom stereocenters. The zero-order chi connectivity index (χ0) is 18.1. The van der Waals surface area contributed by atoms with Gasteiger partial charge in [0.25, 0.3) is 0 Å². The Kier molecular flexibility index (Phi) is 4.71. The summed E-state index contributed by atoms with van der Waals surface area (Å²) in [5.41, 5.74) is -2.81. The highest BCUT2D eigenvalue weighted by Crippen LogP contribution is 2.39. The number of nitrogens with zero attached hydrogens (tertiary/aromatic N) is 2. The van der Waals surface area contributed by atoms with E-state index in [1.165, 1.54) is 0 Å². The molecule has 0 bridgehead atoms. The first kappa shape index (κ1) is 18.0. The summed E-state index contributed by atoms with van der Waals surface area (Å²) in [6.45, 7) is -0.536. The van der Waals surface area contributed by atoms with Crippen molar-refractivity contribution in [1.82, 2.24) is 9.78 Å². The fourth-order valence-electron chi connectivity index (χ4n) is 1.80. The minimum atomic E-state index is -4.84. The summed E-state index contributed by atoms with van der Waals surface area (Å²) in [7, 11) is 0. The van der Waals surface area contributed by atoms with Crippen LogP contribution in [-0.2, 0) is 12.4 Å². The molecule has 0 radical (unpaired) electrons. The third-order valence-corrected chi connectivity index (χ3v) is 3.14. The summed E-state index contributed by atoms with van der Waals surface area (Å²) in [6, 6.07) is 2.17. The number of terminal acetylenes is 1. The van der Waals surface area contributed by atoms with Gasteiger partial charge in [-0.05, 0) is 18.2 Å². The molecule has 0 unspecified atom stereocenters. The normalized spacial score (nSPS) is 12.1. The lowest BCUT2D eigenvalue weighted by Crippen LogP contribution is -2.11. The maximum Gasteiger partial charge on any atom is 0.423 e. The van der Waals surface area contributed by atoms with Gasteiger partial charge in [-0.15, -0.1) is 6.42 Å². The van der Waals surface area contributed by atoms with E-state index in [1.807, 2.05) is 5.92 Å². The van der Waals surface area contributed by atoms with Crippen LogP contribution in [0.15, 0.2) is 24.4 Å². The number of benzene rings is 1. The maximum absolute atomic E-state index is 13.0. The van der Waals surface area contributed by atoms with Gasteiger partial charge in [0.1, 0.15) is 5.56 Å². The monoisotopic (exact) mass is 368 g/mol. The zero-order valence-corrected chi connectivity index (χ0v) is 12.3. The van der Waals surface area contributed by atoms with Crippen LogP contribution >= 0.6 is 11.6 Å². The lowest BCUT2D eigenvalue weighted by molar-refractivity contribution is -0.139. The lowest BCUT2D eigenvalue weighted by Gasteiger charge is -2.14. The Labute approximate surface area is 136 Å². The van der Waals surface area contributed by atoms with Crippen LogP contribution in [0.4, 0.5) is 26.3 Å². The summed E-state index contributed by atoms with van der Waals surface area (Å²) in [5, 5.41) is 3.20.